The van der Waals surface area contributed by atoms with Crippen molar-refractivity contribution in [3.63, 3.8) is 0 Å². The van der Waals surface area contributed by atoms with Gasteiger partial charge in [-0.25, -0.2) is 0 Å². The van der Waals surface area contributed by atoms with Gasteiger partial charge in [-0.05, 0) is 57.2 Å². The first-order valence-electron chi connectivity index (χ1n) is 7.61. The van der Waals surface area contributed by atoms with Gasteiger partial charge in [0.25, 0.3) is 0 Å². The number of aryl methyl sites for hydroxylation is 3. The number of hydrogen-bond acceptors (Lipinski definition) is 4. The Morgan fingerprint density at radius 3 is 1.17 bits per heavy atom. The Labute approximate surface area is 136 Å². The van der Waals surface area contributed by atoms with Gasteiger partial charge in [0.15, 0.2) is 0 Å². The van der Waals surface area contributed by atoms with Gasteiger partial charge in [-0.3, -0.25) is 15.0 Å². The molecule has 3 heterocycles. The van der Waals surface area contributed by atoms with Crippen molar-refractivity contribution < 1.29 is 0 Å². The first-order valence-corrected chi connectivity index (χ1v) is 7.61. The minimum Gasteiger partial charge on any atom is -0.310 e. The molecule has 0 spiro atoms. The van der Waals surface area contributed by atoms with Crippen LogP contribution in [0.5, 0.6) is 0 Å². The van der Waals surface area contributed by atoms with Crippen molar-refractivity contribution >= 4 is 0 Å². The largest absolute Gasteiger partial charge is 0.310 e. The zero-order valence-corrected chi connectivity index (χ0v) is 13.6. The van der Waals surface area contributed by atoms with Gasteiger partial charge in [0, 0.05) is 17.1 Å². The maximum absolute atomic E-state index is 6.88. The lowest BCUT2D eigenvalue weighted by molar-refractivity contribution is 0.582. The summed E-state index contributed by atoms with van der Waals surface area (Å²) < 4.78 is 0. The monoisotopic (exact) mass is 304 g/mol. The fourth-order valence-electron chi connectivity index (χ4n) is 2.68. The molecule has 23 heavy (non-hydrogen) atoms. The Morgan fingerprint density at radius 1 is 0.609 bits per heavy atom. The van der Waals surface area contributed by atoms with Crippen LogP contribution in [0.4, 0.5) is 0 Å². The van der Waals surface area contributed by atoms with Crippen LogP contribution in [0.25, 0.3) is 0 Å². The van der Waals surface area contributed by atoms with E-state index in [-0.39, 0.29) is 0 Å². The van der Waals surface area contributed by atoms with Gasteiger partial charge >= 0.3 is 0 Å². The molecule has 0 unspecified atom stereocenters. The van der Waals surface area contributed by atoms with Crippen LogP contribution in [0.1, 0.15) is 34.2 Å². The summed E-state index contributed by atoms with van der Waals surface area (Å²) in [5, 5.41) is 0. The maximum atomic E-state index is 6.88. The second-order valence-corrected chi connectivity index (χ2v) is 5.80. The average molecular weight is 304 g/mol. The van der Waals surface area contributed by atoms with Crippen LogP contribution in [0.15, 0.2) is 54.6 Å². The second kappa shape index (κ2) is 5.89. The minimum absolute atomic E-state index is 0.744. The molecule has 4 nitrogen and oxygen atoms in total. The van der Waals surface area contributed by atoms with Crippen LogP contribution >= 0.6 is 0 Å². The number of pyridine rings is 3. The zero-order valence-electron chi connectivity index (χ0n) is 13.6. The highest BCUT2D eigenvalue weighted by molar-refractivity contribution is 5.41. The molecule has 3 rings (SSSR count). The van der Waals surface area contributed by atoms with E-state index in [1.54, 1.807) is 0 Å². The highest BCUT2D eigenvalue weighted by Gasteiger charge is 2.36. The van der Waals surface area contributed by atoms with Gasteiger partial charge in [-0.2, -0.15) is 0 Å². The lowest BCUT2D eigenvalue weighted by atomic mass is 9.86. The maximum Gasteiger partial charge on any atom is 0.144 e. The normalized spacial score (nSPS) is 11.5. The standard InChI is InChI=1S/C19H20N4/c1-13-7-4-10-16(21-13)19(20,17-11-5-8-14(2)22-17)18-12-6-9-15(3)23-18/h4-12H,20H2,1-3H3. The van der Waals surface area contributed by atoms with Crippen LogP contribution < -0.4 is 5.73 Å². The molecule has 0 aliphatic rings. The summed E-state index contributed by atoms with van der Waals surface area (Å²) in [5.74, 6) is 0. The average Bonchev–Trinajstić information content (AvgIpc) is 2.54. The van der Waals surface area contributed by atoms with Gasteiger partial charge < -0.3 is 5.73 Å². The molecule has 0 atom stereocenters. The molecule has 0 aliphatic heterocycles. The van der Waals surface area contributed by atoms with Crippen LogP contribution in [0.3, 0.4) is 0 Å². The first kappa shape index (κ1) is 15.3. The lowest BCUT2D eigenvalue weighted by Crippen LogP contribution is -2.42. The summed E-state index contributed by atoms with van der Waals surface area (Å²) in [6.07, 6.45) is 0. The van der Waals surface area contributed by atoms with Gasteiger partial charge in [-0.1, -0.05) is 18.2 Å². The van der Waals surface area contributed by atoms with E-state index in [9.17, 15) is 0 Å². The van der Waals surface area contributed by atoms with Crippen LogP contribution in [0.2, 0.25) is 0 Å². The molecule has 2 N–H and O–H groups in total. The molecule has 0 saturated carbocycles. The molecular formula is C19H20N4. The quantitative estimate of drug-likeness (QED) is 0.807. The van der Waals surface area contributed by atoms with Crippen molar-refractivity contribution in [2.24, 2.45) is 5.73 Å². The van der Waals surface area contributed by atoms with E-state index in [0.717, 1.165) is 34.2 Å². The molecule has 0 aromatic carbocycles. The summed E-state index contributed by atoms with van der Waals surface area (Å²) >= 11 is 0. The van der Waals surface area contributed by atoms with Gasteiger partial charge in [0.2, 0.25) is 0 Å². The van der Waals surface area contributed by atoms with Crippen molar-refractivity contribution in [2.45, 2.75) is 26.3 Å². The Balaban J connectivity index is 2.29. The molecule has 0 bridgehead atoms. The summed E-state index contributed by atoms with van der Waals surface area (Å²) in [4.78, 5) is 14.0. The molecule has 116 valence electrons. The molecule has 0 radical (unpaired) electrons. The topological polar surface area (TPSA) is 64.7 Å². The number of aromatic nitrogens is 3. The number of rotatable bonds is 3. The number of nitrogens with two attached hydrogens (primary N) is 1. The summed E-state index contributed by atoms with van der Waals surface area (Å²) in [6.45, 7) is 5.87. The summed E-state index contributed by atoms with van der Waals surface area (Å²) in [5.41, 5.74) is 10.9. The molecule has 0 aliphatic carbocycles. The van der Waals surface area contributed by atoms with Gasteiger partial charge in [-0.15, -0.1) is 0 Å². The van der Waals surface area contributed by atoms with Crippen molar-refractivity contribution in [1.82, 2.24) is 15.0 Å². The van der Waals surface area contributed by atoms with E-state index >= 15 is 0 Å². The Bertz CT molecular complexity index is 731. The number of nitrogens with zero attached hydrogens (tertiary/aromatic N) is 3. The summed E-state index contributed by atoms with van der Waals surface area (Å²) in [7, 11) is 0. The zero-order chi connectivity index (χ0) is 16.4. The minimum atomic E-state index is -0.982. The van der Waals surface area contributed by atoms with Gasteiger partial charge in [0.05, 0.1) is 17.1 Å². The highest BCUT2D eigenvalue weighted by Crippen LogP contribution is 2.31. The predicted molar refractivity (Wildman–Crippen MR) is 91.0 cm³/mol. The molecule has 4 heteroatoms. The van der Waals surface area contributed by atoms with Crippen molar-refractivity contribution in [1.29, 1.82) is 0 Å². The summed E-state index contributed by atoms with van der Waals surface area (Å²) in [6, 6.07) is 17.6. The first-order chi connectivity index (χ1) is 11.0. The molecule has 0 saturated heterocycles. The van der Waals surface area contributed by atoms with Gasteiger partial charge in [0.1, 0.15) is 5.54 Å². The molecular weight excluding hydrogens is 284 g/mol. The molecule has 0 fully saturated rings. The van der Waals surface area contributed by atoms with Crippen molar-refractivity contribution in [2.75, 3.05) is 0 Å². The Kier molecular flexibility index (Phi) is 3.92. The smallest absolute Gasteiger partial charge is 0.144 e. The second-order valence-electron chi connectivity index (χ2n) is 5.80. The highest BCUT2D eigenvalue weighted by atomic mass is 14.9. The van der Waals surface area contributed by atoms with Crippen LogP contribution in [0, 0.1) is 20.8 Å². The third kappa shape index (κ3) is 2.85. The lowest BCUT2D eigenvalue weighted by Gasteiger charge is -2.28. The molecule has 0 amide bonds. The fraction of sp³-hybridized carbons (Fsp3) is 0.211. The Hall–Kier alpha value is -2.59. The fourth-order valence-corrected chi connectivity index (χ4v) is 2.68. The van der Waals surface area contributed by atoms with E-state index in [1.807, 2.05) is 75.4 Å². The third-order valence-electron chi connectivity index (χ3n) is 3.88. The van der Waals surface area contributed by atoms with Crippen LogP contribution in [-0.4, -0.2) is 15.0 Å². The van der Waals surface area contributed by atoms with E-state index in [2.05, 4.69) is 15.0 Å². The van der Waals surface area contributed by atoms with E-state index in [1.165, 1.54) is 0 Å². The van der Waals surface area contributed by atoms with Crippen molar-refractivity contribution in [3.8, 4) is 0 Å². The molecule has 3 aromatic rings. The molecule has 3 aromatic heterocycles. The van der Waals surface area contributed by atoms with E-state index < -0.39 is 5.54 Å². The Morgan fingerprint density at radius 2 is 0.913 bits per heavy atom. The number of hydrogen-bond donors (Lipinski definition) is 1. The van der Waals surface area contributed by atoms with Crippen LogP contribution in [-0.2, 0) is 5.54 Å². The van der Waals surface area contributed by atoms with Crippen molar-refractivity contribution in [3.05, 3.63) is 88.8 Å². The van der Waals surface area contributed by atoms with E-state index in [4.69, 9.17) is 5.73 Å². The SMILES string of the molecule is Cc1cccc(C(N)(c2cccc(C)n2)c2cccc(C)n2)n1. The predicted octanol–water partition coefficient (Wildman–Crippen LogP) is 3.05. The third-order valence-corrected chi connectivity index (χ3v) is 3.88. The van der Waals surface area contributed by atoms with E-state index in [0.29, 0.717) is 0 Å².